The van der Waals surface area contributed by atoms with Gasteiger partial charge in [-0.05, 0) is 24.4 Å². The van der Waals surface area contributed by atoms with Crippen LogP contribution in [0.4, 0.5) is 0 Å². The summed E-state index contributed by atoms with van der Waals surface area (Å²) in [6.07, 6.45) is 2.36. The van der Waals surface area contributed by atoms with Crippen LogP contribution in [0.15, 0.2) is 0 Å². The molecular weight excluding hydrogens is 194 g/mol. The number of unbranched alkanes of at least 4 members (excludes halogenated alkanes) is 1. The molecule has 1 unspecified atom stereocenters. The molecule has 0 spiro atoms. The summed E-state index contributed by atoms with van der Waals surface area (Å²) in [7, 11) is 0. The SMILES string of the molecule is O=C(Cl)C(Cl)CCCCCl. The third-order valence-electron chi connectivity index (χ3n) is 1.09. The molecule has 0 aliphatic heterocycles. The van der Waals surface area contributed by atoms with E-state index in [0.717, 1.165) is 12.8 Å². The highest BCUT2D eigenvalue weighted by atomic mass is 35.5. The monoisotopic (exact) mass is 202 g/mol. The third kappa shape index (κ3) is 5.33. The van der Waals surface area contributed by atoms with Crippen molar-refractivity contribution in [2.75, 3.05) is 5.88 Å². The first-order valence-electron chi connectivity index (χ1n) is 3.08. The first-order valence-corrected chi connectivity index (χ1v) is 4.42. The van der Waals surface area contributed by atoms with E-state index < -0.39 is 10.6 Å². The second-order valence-corrected chi connectivity index (χ2v) is 3.23. The molecule has 0 bridgehead atoms. The van der Waals surface area contributed by atoms with Crippen molar-refractivity contribution in [1.82, 2.24) is 0 Å². The molecule has 0 saturated carbocycles. The van der Waals surface area contributed by atoms with E-state index >= 15 is 0 Å². The summed E-state index contributed by atoms with van der Waals surface area (Å²) in [4.78, 5) is 10.3. The van der Waals surface area contributed by atoms with E-state index in [1.165, 1.54) is 0 Å². The standard InChI is InChI=1S/C6H9Cl3O/c7-4-2-1-3-5(8)6(9)10/h5H,1-4H2. The van der Waals surface area contributed by atoms with Crippen LogP contribution in [0, 0.1) is 0 Å². The summed E-state index contributed by atoms with van der Waals surface area (Å²) < 4.78 is 0. The van der Waals surface area contributed by atoms with Crippen LogP contribution in [-0.4, -0.2) is 16.5 Å². The smallest absolute Gasteiger partial charge is 0.239 e. The maximum Gasteiger partial charge on any atom is 0.239 e. The molecule has 1 atom stereocenters. The Bertz CT molecular complexity index is 105. The van der Waals surface area contributed by atoms with Gasteiger partial charge in [0.25, 0.3) is 0 Å². The fourth-order valence-corrected chi connectivity index (χ4v) is 0.984. The second kappa shape index (κ2) is 6.26. The van der Waals surface area contributed by atoms with Crippen molar-refractivity contribution in [3.05, 3.63) is 0 Å². The molecule has 0 heterocycles. The Kier molecular flexibility index (Phi) is 6.60. The lowest BCUT2D eigenvalue weighted by molar-refractivity contribution is -0.111. The van der Waals surface area contributed by atoms with Crippen molar-refractivity contribution in [1.29, 1.82) is 0 Å². The van der Waals surface area contributed by atoms with Crippen molar-refractivity contribution < 1.29 is 4.79 Å². The van der Waals surface area contributed by atoms with Gasteiger partial charge in [0.1, 0.15) is 5.38 Å². The average molecular weight is 203 g/mol. The summed E-state index contributed by atoms with van der Waals surface area (Å²) in [6.45, 7) is 0. The van der Waals surface area contributed by atoms with Crippen molar-refractivity contribution in [2.45, 2.75) is 24.6 Å². The van der Waals surface area contributed by atoms with Crippen molar-refractivity contribution in [3.8, 4) is 0 Å². The van der Waals surface area contributed by atoms with E-state index in [9.17, 15) is 4.79 Å². The Morgan fingerprint density at radius 1 is 1.40 bits per heavy atom. The van der Waals surface area contributed by atoms with Crippen LogP contribution in [-0.2, 0) is 4.79 Å². The molecule has 0 saturated heterocycles. The predicted octanol–water partition coefficient (Wildman–Crippen LogP) is 2.77. The Morgan fingerprint density at radius 2 is 2.00 bits per heavy atom. The van der Waals surface area contributed by atoms with Gasteiger partial charge >= 0.3 is 0 Å². The zero-order chi connectivity index (χ0) is 7.98. The van der Waals surface area contributed by atoms with Crippen molar-refractivity contribution in [2.24, 2.45) is 0 Å². The molecule has 0 radical (unpaired) electrons. The molecule has 60 valence electrons. The fourth-order valence-electron chi connectivity index (χ4n) is 0.532. The molecule has 10 heavy (non-hydrogen) atoms. The third-order valence-corrected chi connectivity index (χ3v) is 2.15. The molecule has 0 aromatic rings. The van der Waals surface area contributed by atoms with Gasteiger partial charge in [-0.3, -0.25) is 4.79 Å². The van der Waals surface area contributed by atoms with Gasteiger partial charge in [-0.1, -0.05) is 6.42 Å². The Morgan fingerprint density at radius 3 is 2.40 bits per heavy atom. The predicted molar refractivity (Wildman–Crippen MR) is 45.1 cm³/mol. The van der Waals surface area contributed by atoms with E-state index in [1.54, 1.807) is 0 Å². The van der Waals surface area contributed by atoms with Crippen molar-refractivity contribution >= 4 is 40.0 Å². The second-order valence-electron chi connectivity index (χ2n) is 1.96. The van der Waals surface area contributed by atoms with E-state index in [1.807, 2.05) is 0 Å². The van der Waals surface area contributed by atoms with Gasteiger partial charge in [0.2, 0.25) is 5.24 Å². The van der Waals surface area contributed by atoms with E-state index in [-0.39, 0.29) is 0 Å². The normalized spacial score (nSPS) is 13.1. The van der Waals surface area contributed by atoms with Crippen molar-refractivity contribution in [3.63, 3.8) is 0 Å². The van der Waals surface area contributed by atoms with E-state index in [4.69, 9.17) is 34.8 Å². The lowest BCUT2D eigenvalue weighted by Crippen LogP contribution is -2.06. The van der Waals surface area contributed by atoms with Crippen LogP contribution in [0.5, 0.6) is 0 Å². The molecule has 0 aliphatic rings. The molecule has 1 nitrogen and oxygen atoms in total. The highest BCUT2D eigenvalue weighted by molar-refractivity contribution is 6.69. The molecule has 0 amide bonds. The minimum absolute atomic E-state index is 0.476. The summed E-state index contributed by atoms with van der Waals surface area (Å²) in [6, 6.07) is 0. The van der Waals surface area contributed by atoms with Gasteiger partial charge in [-0.2, -0.15) is 0 Å². The molecule has 0 aromatic carbocycles. The molecule has 0 fully saturated rings. The topological polar surface area (TPSA) is 17.1 Å². The zero-order valence-corrected chi connectivity index (χ0v) is 7.72. The zero-order valence-electron chi connectivity index (χ0n) is 5.45. The minimum Gasteiger partial charge on any atom is -0.280 e. The number of rotatable bonds is 5. The Hall–Kier alpha value is 0.540. The molecule has 0 aliphatic carbocycles. The van der Waals surface area contributed by atoms with Crippen LogP contribution in [0.25, 0.3) is 0 Å². The largest absolute Gasteiger partial charge is 0.280 e. The Labute approximate surface area is 75.6 Å². The summed E-state index contributed by atoms with van der Waals surface area (Å²) in [5, 5.41) is -1.01. The van der Waals surface area contributed by atoms with Gasteiger partial charge < -0.3 is 0 Å². The highest BCUT2D eigenvalue weighted by Crippen LogP contribution is 2.10. The first kappa shape index (κ1) is 10.5. The van der Waals surface area contributed by atoms with Gasteiger partial charge in [0.15, 0.2) is 0 Å². The number of hydrogen-bond donors (Lipinski definition) is 0. The van der Waals surface area contributed by atoms with Crippen LogP contribution in [0.1, 0.15) is 19.3 Å². The van der Waals surface area contributed by atoms with Gasteiger partial charge in [0.05, 0.1) is 0 Å². The van der Waals surface area contributed by atoms with Gasteiger partial charge in [0, 0.05) is 5.88 Å². The summed E-state index contributed by atoms with van der Waals surface area (Å²) in [5.41, 5.74) is 0. The number of halogens is 3. The lowest BCUT2D eigenvalue weighted by Gasteiger charge is -2.00. The van der Waals surface area contributed by atoms with Gasteiger partial charge in [-0.25, -0.2) is 0 Å². The summed E-state index contributed by atoms with van der Waals surface area (Å²) >= 11 is 16.0. The minimum atomic E-state index is -0.537. The number of carbonyl (C=O) groups excluding carboxylic acids is 1. The molecule has 0 rings (SSSR count). The molecule has 0 aromatic heterocycles. The quantitative estimate of drug-likeness (QED) is 0.381. The van der Waals surface area contributed by atoms with E-state index in [0.29, 0.717) is 12.3 Å². The first-order chi connectivity index (χ1) is 4.68. The molecular formula is C6H9Cl3O. The molecule has 4 heteroatoms. The number of alkyl halides is 2. The number of carbonyl (C=O) groups is 1. The van der Waals surface area contributed by atoms with Gasteiger partial charge in [-0.15, -0.1) is 23.2 Å². The van der Waals surface area contributed by atoms with Crippen LogP contribution >= 0.6 is 34.8 Å². The average Bonchev–Trinajstić information content (AvgIpc) is 1.88. The van der Waals surface area contributed by atoms with Crippen LogP contribution in [0.2, 0.25) is 0 Å². The van der Waals surface area contributed by atoms with E-state index in [2.05, 4.69) is 0 Å². The Balaban J connectivity index is 3.21. The highest BCUT2D eigenvalue weighted by Gasteiger charge is 2.10. The lowest BCUT2D eigenvalue weighted by atomic mass is 10.2. The summed E-state index contributed by atoms with van der Waals surface area (Å²) in [5.74, 6) is 0.611. The number of hydrogen-bond acceptors (Lipinski definition) is 1. The fraction of sp³-hybridized carbons (Fsp3) is 0.833. The van der Waals surface area contributed by atoms with Crippen LogP contribution < -0.4 is 0 Å². The van der Waals surface area contributed by atoms with Crippen LogP contribution in [0.3, 0.4) is 0 Å². The maximum atomic E-state index is 10.3. The molecule has 0 N–H and O–H groups in total. The maximum absolute atomic E-state index is 10.3.